The van der Waals surface area contributed by atoms with Gasteiger partial charge in [-0.05, 0) is 35.7 Å². The summed E-state index contributed by atoms with van der Waals surface area (Å²) in [4.78, 5) is 17.1. The lowest BCUT2D eigenvalue weighted by Crippen LogP contribution is -2.30. The molecule has 3 aromatic rings. The number of nitrogens with zero attached hydrogens (tertiary/aromatic N) is 3. The first-order chi connectivity index (χ1) is 15.3. The lowest BCUT2D eigenvalue weighted by atomic mass is 9.98. The number of phenols is 1. The summed E-state index contributed by atoms with van der Waals surface area (Å²) in [5.74, 6) is -1.85. The maximum Gasteiger partial charge on any atom is 0.271 e. The number of pyridine rings is 1. The molecule has 1 aliphatic rings. The highest BCUT2D eigenvalue weighted by molar-refractivity contribution is 7.92. The van der Waals surface area contributed by atoms with E-state index >= 15 is 0 Å². The number of aromatic hydroxyl groups is 1. The third-order valence-electron chi connectivity index (χ3n) is 5.52. The summed E-state index contributed by atoms with van der Waals surface area (Å²) >= 11 is 0. The standard InChI is InChI=1S/C21H20FN3O6S2/c1-24(32(2,28)29)19-15-9-13(8-12-4-6-14(22)7-5-12)10-23-18(15)20(26)17-16(19)11-25(21(17)27)33(3,30)31/h4-7,9-10,26H,8,11H2,1-3H3. The van der Waals surface area contributed by atoms with Gasteiger partial charge in [0.2, 0.25) is 20.0 Å². The van der Waals surface area contributed by atoms with Gasteiger partial charge in [0.1, 0.15) is 11.3 Å². The molecule has 0 saturated heterocycles. The Hall–Kier alpha value is -3.25. The van der Waals surface area contributed by atoms with Crippen molar-refractivity contribution in [1.29, 1.82) is 0 Å². The minimum atomic E-state index is -3.97. The monoisotopic (exact) mass is 493 g/mol. The first kappa shape index (κ1) is 22.9. The van der Waals surface area contributed by atoms with Crippen LogP contribution >= 0.6 is 0 Å². The van der Waals surface area contributed by atoms with Crippen LogP contribution in [-0.4, -0.2) is 56.7 Å². The predicted molar refractivity (Wildman–Crippen MR) is 121 cm³/mol. The van der Waals surface area contributed by atoms with E-state index < -0.39 is 38.2 Å². The first-order valence-corrected chi connectivity index (χ1v) is 13.4. The zero-order chi connectivity index (χ0) is 24.3. The normalized spacial score (nSPS) is 14.1. The molecule has 0 fully saturated rings. The first-order valence-electron chi connectivity index (χ1n) is 9.66. The van der Waals surface area contributed by atoms with Crippen LogP contribution < -0.4 is 4.31 Å². The molecule has 12 heteroatoms. The number of carbonyl (C=O) groups is 1. The van der Waals surface area contributed by atoms with Crippen LogP contribution in [0.2, 0.25) is 0 Å². The van der Waals surface area contributed by atoms with Crippen molar-refractivity contribution in [3.8, 4) is 5.75 Å². The van der Waals surface area contributed by atoms with Crippen molar-refractivity contribution in [2.75, 3.05) is 23.9 Å². The molecule has 0 atom stereocenters. The zero-order valence-electron chi connectivity index (χ0n) is 17.9. The van der Waals surface area contributed by atoms with Crippen LogP contribution in [0.1, 0.15) is 27.0 Å². The van der Waals surface area contributed by atoms with Crippen LogP contribution in [0, 0.1) is 5.82 Å². The fourth-order valence-electron chi connectivity index (χ4n) is 3.87. The van der Waals surface area contributed by atoms with Crippen molar-refractivity contribution in [2.45, 2.75) is 13.0 Å². The summed E-state index contributed by atoms with van der Waals surface area (Å²) in [6.07, 6.45) is 3.62. The number of sulfonamides is 2. The Bertz CT molecular complexity index is 1520. The summed E-state index contributed by atoms with van der Waals surface area (Å²) < 4.78 is 63.8. The summed E-state index contributed by atoms with van der Waals surface area (Å²) in [6, 6.07) is 7.46. The molecule has 0 spiro atoms. The van der Waals surface area contributed by atoms with Crippen LogP contribution in [0.3, 0.4) is 0 Å². The average Bonchev–Trinajstić information content (AvgIpc) is 3.06. The maximum atomic E-state index is 13.2. The number of benzene rings is 2. The maximum absolute atomic E-state index is 13.2. The molecule has 0 unspecified atom stereocenters. The van der Waals surface area contributed by atoms with E-state index in [9.17, 15) is 31.1 Å². The molecule has 0 saturated carbocycles. The zero-order valence-corrected chi connectivity index (χ0v) is 19.5. The lowest BCUT2D eigenvalue weighted by Gasteiger charge is -2.22. The number of rotatable bonds is 5. The highest BCUT2D eigenvalue weighted by Gasteiger charge is 2.40. The van der Waals surface area contributed by atoms with Crippen LogP contribution in [0.15, 0.2) is 36.5 Å². The largest absolute Gasteiger partial charge is 0.505 e. The van der Waals surface area contributed by atoms with E-state index in [1.54, 1.807) is 18.2 Å². The van der Waals surface area contributed by atoms with Gasteiger partial charge in [0.25, 0.3) is 5.91 Å². The second kappa shape index (κ2) is 7.66. The SMILES string of the molecule is CN(c1c2c(c(O)c3ncc(Cc4ccc(F)cc4)cc13)C(=O)N(S(C)(=O)=O)C2)S(C)(=O)=O. The molecular weight excluding hydrogens is 473 g/mol. The van der Waals surface area contributed by atoms with E-state index in [1.807, 2.05) is 0 Å². The van der Waals surface area contributed by atoms with Crippen LogP contribution in [-0.2, 0) is 33.0 Å². The van der Waals surface area contributed by atoms with Gasteiger partial charge >= 0.3 is 0 Å². The van der Waals surface area contributed by atoms with Crippen molar-refractivity contribution < 1.29 is 31.1 Å². The molecular formula is C21H20FN3O6S2. The Morgan fingerprint density at radius 2 is 1.76 bits per heavy atom. The van der Waals surface area contributed by atoms with Gasteiger partial charge in [-0.2, -0.15) is 0 Å². The van der Waals surface area contributed by atoms with Crippen molar-refractivity contribution in [1.82, 2.24) is 9.29 Å². The lowest BCUT2D eigenvalue weighted by molar-refractivity contribution is 0.0878. The molecule has 1 aliphatic heterocycles. The minimum absolute atomic E-state index is 0.0363. The molecule has 1 amide bonds. The average molecular weight is 494 g/mol. The quantitative estimate of drug-likeness (QED) is 0.576. The second-order valence-corrected chi connectivity index (χ2v) is 11.8. The van der Waals surface area contributed by atoms with E-state index in [1.165, 1.54) is 25.4 Å². The van der Waals surface area contributed by atoms with Crippen molar-refractivity contribution in [3.63, 3.8) is 0 Å². The molecule has 2 heterocycles. The van der Waals surface area contributed by atoms with Gasteiger partial charge in [0.15, 0.2) is 5.75 Å². The van der Waals surface area contributed by atoms with Gasteiger partial charge in [0.05, 0.1) is 30.3 Å². The number of anilines is 1. The highest BCUT2D eigenvalue weighted by Crippen LogP contribution is 2.45. The Kier molecular flexibility index (Phi) is 5.32. The number of hydrogen-bond donors (Lipinski definition) is 1. The molecule has 0 aliphatic carbocycles. The van der Waals surface area contributed by atoms with E-state index in [0.717, 1.165) is 22.4 Å². The van der Waals surface area contributed by atoms with Gasteiger partial charge in [-0.25, -0.2) is 25.5 Å². The van der Waals surface area contributed by atoms with E-state index in [4.69, 9.17) is 0 Å². The summed E-state index contributed by atoms with van der Waals surface area (Å²) in [5.41, 5.74) is 1.22. The molecule has 2 aromatic carbocycles. The van der Waals surface area contributed by atoms with Gasteiger partial charge in [0, 0.05) is 24.2 Å². The Labute approximate surface area is 190 Å². The Morgan fingerprint density at radius 1 is 1.12 bits per heavy atom. The number of hydrogen-bond acceptors (Lipinski definition) is 7. The van der Waals surface area contributed by atoms with Crippen molar-refractivity contribution >= 4 is 42.5 Å². The minimum Gasteiger partial charge on any atom is -0.505 e. The van der Waals surface area contributed by atoms with E-state index in [0.29, 0.717) is 16.3 Å². The molecule has 33 heavy (non-hydrogen) atoms. The molecule has 4 rings (SSSR count). The number of fused-ring (bicyclic) bond motifs is 2. The van der Waals surface area contributed by atoms with Gasteiger partial charge in [-0.15, -0.1) is 0 Å². The Balaban J connectivity index is 1.99. The van der Waals surface area contributed by atoms with Crippen molar-refractivity contribution in [2.24, 2.45) is 0 Å². The molecule has 1 N–H and O–H groups in total. The van der Waals surface area contributed by atoms with E-state index in [-0.39, 0.29) is 33.5 Å². The molecule has 174 valence electrons. The molecule has 1 aromatic heterocycles. The predicted octanol–water partition coefficient (Wildman–Crippen LogP) is 1.98. The number of carbonyl (C=O) groups excluding carboxylic acids is 1. The fraction of sp³-hybridized carbons (Fsp3) is 0.238. The molecule has 9 nitrogen and oxygen atoms in total. The summed E-state index contributed by atoms with van der Waals surface area (Å²) in [5, 5.41) is 11.1. The smallest absolute Gasteiger partial charge is 0.271 e. The third kappa shape index (κ3) is 4.00. The molecule has 0 radical (unpaired) electrons. The van der Waals surface area contributed by atoms with Crippen LogP contribution in [0.4, 0.5) is 10.1 Å². The van der Waals surface area contributed by atoms with Crippen LogP contribution in [0.25, 0.3) is 10.9 Å². The topological polar surface area (TPSA) is 125 Å². The van der Waals surface area contributed by atoms with E-state index in [2.05, 4.69) is 4.98 Å². The number of aromatic nitrogens is 1. The fourth-order valence-corrected chi connectivity index (χ4v) is 5.17. The number of halogens is 1. The number of phenolic OH excluding ortho intramolecular Hbond substituents is 1. The summed E-state index contributed by atoms with van der Waals surface area (Å²) in [7, 11) is -6.52. The number of amides is 1. The van der Waals surface area contributed by atoms with Crippen LogP contribution in [0.5, 0.6) is 5.75 Å². The van der Waals surface area contributed by atoms with Gasteiger partial charge < -0.3 is 5.11 Å². The van der Waals surface area contributed by atoms with Gasteiger partial charge in [-0.3, -0.25) is 14.1 Å². The second-order valence-electron chi connectivity index (χ2n) is 7.90. The molecule has 0 bridgehead atoms. The highest BCUT2D eigenvalue weighted by atomic mass is 32.2. The Morgan fingerprint density at radius 3 is 2.33 bits per heavy atom. The summed E-state index contributed by atoms with van der Waals surface area (Å²) in [6.45, 7) is -0.423. The third-order valence-corrected chi connectivity index (χ3v) is 7.80. The van der Waals surface area contributed by atoms with Crippen molar-refractivity contribution in [3.05, 3.63) is 64.6 Å². The van der Waals surface area contributed by atoms with Gasteiger partial charge in [-0.1, -0.05) is 12.1 Å².